The van der Waals surface area contributed by atoms with Crippen molar-refractivity contribution in [2.75, 3.05) is 68.5 Å². The average Bonchev–Trinajstić information content (AvgIpc) is 2.62. The summed E-state index contributed by atoms with van der Waals surface area (Å²) in [6, 6.07) is 8.57. The molecule has 0 bridgehead atoms. The third kappa shape index (κ3) is 4.79. The molecule has 6 nitrogen and oxygen atoms in total. The molecule has 1 saturated heterocycles. The van der Waals surface area contributed by atoms with E-state index < -0.39 is 0 Å². The van der Waals surface area contributed by atoms with Crippen LogP contribution in [0.25, 0.3) is 0 Å². The summed E-state index contributed by atoms with van der Waals surface area (Å²) >= 11 is 0. The van der Waals surface area contributed by atoms with Crippen molar-refractivity contribution in [3.05, 3.63) is 42.3 Å². The van der Waals surface area contributed by atoms with E-state index in [2.05, 4.69) is 30.0 Å². The molecule has 2 aromatic rings. The maximum atomic E-state index is 13.1. The molecule has 1 aromatic carbocycles. The Bertz CT molecular complexity index is 668. The summed E-state index contributed by atoms with van der Waals surface area (Å²) in [5.41, 5.74) is 1.06. The zero-order valence-electron chi connectivity index (χ0n) is 14.8. The summed E-state index contributed by atoms with van der Waals surface area (Å²) in [6.07, 6.45) is 1.80. The zero-order chi connectivity index (χ0) is 17.6. The maximum absolute atomic E-state index is 13.1. The zero-order valence-corrected chi connectivity index (χ0v) is 14.8. The average molecular weight is 344 g/mol. The molecule has 0 amide bonds. The van der Waals surface area contributed by atoms with Crippen LogP contribution in [0.2, 0.25) is 0 Å². The van der Waals surface area contributed by atoms with Gasteiger partial charge in [-0.05, 0) is 44.4 Å². The van der Waals surface area contributed by atoms with Gasteiger partial charge < -0.3 is 20.0 Å². The molecule has 134 valence electrons. The van der Waals surface area contributed by atoms with Gasteiger partial charge in [-0.3, -0.25) is 0 Å². The van der Waals surface area contributed by atoms with Gasteiger partial charge in [0.05, 0.1) is 0 Å². The smallest absolute Gasteiger partial charge is 0.227 e. The van der Waals surface area contributed by atoms with Crippen molar-refractivity contribution < 1.29 is 4.39 Å². The molecule has 0 aliphatic carbocycles. The number of hydrogen-bond donors (Lipinski definition) is 1. The largest absolute Gasteiger partial charge is 0.369 e. The van der Waals surface area contributed by atoms with Crippen molar-refractivity contribution in [3.63, 3.8) is 0 Å². The summed E-state index contributed by atoms with van der Waals surface area (Å²) in [6.45, 7) is 5.23. The summed E-state index contributed by atoms with van der Waals surface area (Å²) < 4.78 is 13.1. The second-order valence-electron chi connectivity index (χ2n) is 6.42. The van der Waals surface area contributed by atoms with Crippen molar-refractivity contribution in [1.29, 1.82) is 0 Å². The molecule has 0 spiro atoms. The van der Waals surface area contributed by atoms with Gasteiger partial charge in [0, 0.05) is 51.2 Å². The van der Waals surface area contributed by atoms with Gasteiger partial charge in [0.1, 0.15) is 11.6 Å². The second kappa shape index (κ2) is 8.11. The highest BCUT2D eigenvalue weighted by Crippen LogP contribution is 2.19. The molecule has 3 rings (SSSR count). The molecule has 1 aliphatic rings. The highest BCUT2D eigenvalue weighted by Gasteiger charge is 2.19. The molecule has 7 heteroatoms. The molecule has 1 aromatic heterocycles. The summed E-state index contributed by atoms with van der Waals surface area (Å²) in [7, 11) is 4.10. The van der Waals surface area contributed by atoms with E-state index >= 15 is 0 Å². The van der Waals surface area contributed by atoms with Crippen LogP contribution in [0.5, 0.6) is 0 Å². The quantitative estimate of drug-likeness (QED) is 0.864. The highest BCUT2D eigenvalue weighted by atomic mass is 19.1. The Morgan fingerprint density at radius 2 is 1.72 bits per heavy atom. The predicted octanol–water partition coefficient (Wildman–Crippen LogP) is 1.92. The first-order valence-corrected chi connectivity index (χ1v) is 8.59. The number of halogens is 1. The van der Waals surface area contributed by atoms with Crippen LogP contribution in [0.15, 0.2) is 36.5 Å². The normalized spacial score (nSPS) is 14.9. The van der Waals surface area contributed by atoms with Crippen LogP contribution in [0, 0.1) is 5.82 Å². The molecule has 0 radical (unpaired) electrons. The van der Waals surface area contributed by atoms with Crippen molar-refractivity contribution >= 4 is 17.5 Å². The van der Waals surface area contributed by atoms with E-state index in [1.807, 2.05) is 32.3 Å². The van der Waals surface area contributed by atoms with Gasteiger partial charge >= 0.3 is 0 Å². The topological polar surface area (TPSA) is 47.5 Å². The molecule has 0 atom stereocenters. The van der Waals surface area contributed by atoms with Crippen LogP contribution >= 0.6 is 0 Å². The van der Waals surface area contributed by atoms with Gasteiger partial charge in [-0.15, -0.1) is 0 Å². The molecule has 0 saturated carbocycles. The number of aromatic nitrogens is 2. The lowest BCUT2D eigenvalue weighted by atomic mass is 10.2. The van der Waals surface area contributed by atoms with Crippen LogP contribution in [-0.2, 0) is 0 Å². The van der Waals surface area contributed by atoms with Gasteiger partial charge in [0.25, 0.3) is 0 Å². The molecular weight excluding hydrogens is 319 g/mol. The minimum atomic E-state index is -0.200. The first kappa shape index (κ1) is 17.4. The molecule has 25 heavy (non-hydrogen) atoms. The number of piperazine rings is 1. The van der Waals surface area contributed by atoms with Gasteiger partial charge in [0.15, 0.2) is 0 Å². The van der Waals surface area contributed by atoms with E-state index in [1.165, 1.54) is 12.1 Å². The molecular formula is C18H25FN6. The third-order valence-corrected chi connectivity index (χ3v) is 4.26. The van der Waals surface area contributed by atoms with E-state index in [0.717, 1.165) is 56.7 Å². The number of rotatable bonds is 6. The first-order chi connectivity index (χ1) is 12.1. The van der Waals surface area contributed by atoms with Crippen LogP contribution < -0.4 is 15.1 Å². The molecule has 2 heterocycles. The Morgan fingerprint density at radius 1 is 1.04 bits per heavy atom. The summed E-state index contributed by atoms with van der Waals surface area (Å²) in [5.74, 6) is 1.41. The lowest BCUT2D eigenvalue weighted by Crippen LogP contribution is -2.47. The van der Waals surface area contributed by atoms with Crippen molar-refractivity contribution in [1.82, 2.24) is 14.9 Å². The number of likely N-dealkylation sites (N-methyl/N-ethyl adjacent to an activating group) is 1. The van der Waals surface area contributed by atoms with Gasteiger partial charge in [-0.2, -0.15) is 4.98 Å². The number of anilines is 3. The highest BCUT2D eigenvalue weighted by molar-refractivity contribution is 5.49. The predicted molar refractivity (Wildman–Crippen MR) is 99.9 cm³/mol. The van der Waals surface area contributed by atoms with Crippen molar-refractivity contribution in [2.24, 2.45) is 0 Å². The first-order valence-electron chi connectivity index (χ1n) is 8.59. The van der Waals surface area contributed by atoms with Crippen molar-refractivity contribution in [2.45, 2.75) is 0 Å². The van der Waals surface area contributed by atoms with Crippen molar-refractivity contribution in [3.8, 4) is 0 Å². The standard InChI is InChI=1S/C18H25FN6/c1-23(2)10-9-20-17-7-8-21-18(22-17)25-13-11-24(12-14-25)16-5-3-15(19)4-6-16/h3-8H,9-14H2,1-2H3,(H,20,21,22). The number of hydrogen-bond acceptors (Lipinski definition) is 6. The van der Waals surface area contributed by atoms with Crippen LogP contribution in [-0.4, -0.2) is 68.2 Å². The maximum Gasteiger partial charge on any atom is 0.227 e. The van der Waals surface area contributed by atoms with E-state index in [4.69, 9.17) is 0 Å². The fourth-order valence-corrected chi connectivity index (χ4v) is 2.82. The minimum absolute atomic E-state index is 0.200. The monoisotopic (exact) mass is 344 g/mol. The second-order valence-corrected chi connectivity index (χ2v) is 6.42. The third-order valence-electron chi connectivity index (χ3n) is 4.26. The van der Waals surface area contributed by atoms with E-state index in [1.54, 1.807) is 6.20 Å². The van der Waals surface area contributed by atoms with Gasteiger partial charge in [0.2, 0.25) is 5.95 Å². The number of nitrogens with one attached hydrogen (secondary N) is 1. The fourth-order valence-electron chi connectivity index (χ4n) is 2.82. The SMILES string of the molecule is CN(C)CCNc1ccnc(N2CCN(c3ccc(F)cc3)CC2)n1. The van der Waals surface area contributed by atoms with Crippen LogP contribution in [0.4, 0.5) is 21.8 Å². The van der Waals surface area contributed by atoms with E-state index in [-0.39, 0.29) is 5.82 Å². The molecule has 1 aliphatic heterocycles. The van der Waals surface area contributed by atoms with Gasteiger partial charge in [-0.1, -0.05) is 0 Å². The van der Waals surface area contributed by atoms with Gasteiger partial charge in [-0.25, -0.2) is 9.37 Å². The Kier molecular flexibility index (Phi) is 5.65. The lowest BCUT2D eigenvalue weighted by Gasteiger charge is -2.36. The Labute approximate surface area is 148 Å². The minimum Gasteiger partial charge on any atom is -0.369 e. The fraction of sp³-hybridized carbons (Fsp3) is 0.444. The molecule has 1 N–H and O–H groups in total. The summed E-state index contributed by atoms with van der Waals surface area (Å²) in [5, 5.41) is 3.33. The van der Waals surface area contributed by atoms with E-state index in [9.17, 15) is 4.39 Å². The lowest BCUT2D eigenvalue weighted by molar-refractivity contribution is 0.425. The van der Waals surface area contributed by atoms with Crippen LogP contribution in [0.3, 0.4) is 0 Å². The van der Waals surface area contributed by atoms with E-state index in [0.29, 0.717) is 0 Å². The van der Waals surface area contributed by atoms with Crippen LogP contribution in [0.1, 0.15) is 0 Å². The number of benzene rings is 1. The molecule has 0 unspecified atom stereocenters. The Hall–Kier alpha value is -2.41. The molecule has 1 fully saturated rings. The Morgan fingerprint density at radius 3 is 2.40 bits per heavy atom. The summed E-state index contributed by atoms with van der Waals surface area (Å²) in [4.78, 5) is 15.6. The Balaban J connectivity index is 1.56. The number of nitrogens with zero attached hydrogens (tertiary/aromatic N) is 5.